The number of sulfonamides is 1. The van der Waals surface area contributed by atoms with Crippen molar-refractivity contribution in [2.24, 2.45) is 0 Å². The third-order valence-electron chi connectivity index (χ3n) is 3.20. The van der Waals surface area contributed by atoms with Crippen LogP contribution in [0.4, 0.5) is 13.2 Å². The van der Waals surface area contributed by atoms with Gasteiger partial charge in [0.2, 0.25) is 10.0 Å². The van der Waals surface area contributed by atoms with Crippen molar-refractivity contribution < 1.29 is 21.6 Å². The fourth-order valence-corrected chi connectivity index (χ4v) is 4.10. The molecule has 0 bridgehead atoms. The minimum Gasteiger partial charge on any atom is -0.312 e. The highest BCUT2D eigenvalue weighted by Crippen LogP contribution is 2.37. The normalized spacial score (nSPS) is 20.5. The SMILES string of the molecule is C[C@@H]1CN(S(=O)(=O)c2ccc(Cl)cc2C(F)(F)F)CCN1.Cl. The van der Waals surface area contributed by atoms with Gasteiger partial charge in [-0.15, -0.1) is 12.4 Å². The van der Waals surface area contributed by atoms with E-state index >= 15 is 0 Å². The summed E-state index contributed by atoms with van der Waals surface area (Å²) >= 11 is 5.56. The van der Waals surface area contributed by atoms with Crippen LogP contribution in [0.1, 0.15) is 12.5 Å². The first-order chi connectivity index (χ1) is 9.62. The molecule has 1 aliphatic heterocycles. The molecule has 0 aliphatic carbocycles. The minimum absolute atomic E-state index is 0. The molecule has 126 valence electrons. The van der Waals surface area contributed by atoms with E-state index in [-0.39, 0.29) is 36.6 Å². The predicted octanol–water partition coefficient (Wildman–Crippen LogP) is 2.76. The van der Waals surface area contributed by atoms with Crippen LogP contribution in [0, 0.1) is 0 Å². The molecule has 1 fully saturated rings. The molecule has 1 heterocycles. The number of hydrogen-bond donors (Lipinski definition) is 1. The summed E-state index contributed by atoms with van der Waals surface area (Å²) in [6.07, 6.45) is -4.78. The van der Waals surface area contributed by atoms with Gasteiger partial charge in [-0.1, -0.05) is 11.6 Å². The Morgan fingerprint density at radius 3 is 2.55 bits per heavy atom. The van der Waals surface area contributed by atoms with Gasteiger partial charge >= 0.3 is 6.18 Å². The second-order valence-electron chi connectivity index (χ2n) is 4.86. The number of nitrogens with one attached hydrogen (secondary N) is 1. The summed E-state index contributed by atoms with van der Waals surface area (Å²) in [6.45, 7) is 2.43. The maximum absolute atomic E-state index is 13.0. The Bertz CT molecular complexity index is 638. The highest BCUT2D eigenvalue weighted by molar-refractivity contribution is 7.89. The number of halogens is 5. The molecule has 1 aliphatic rings. The van der Waals surface area contributed by atoms with Crippen LogP contribution in [-0.2, 0) is 16.2 Å². The van der Waals surface area contributed by atoms with Crippen molar-refractivity contribution in [3.05, 3.63) is 28.8 Å². The zero-order valence-corrected chi connectivity index (χ0v) is 13.9. The number of benzene rings is 1. The molecular weight excluding hydrogens is 364 g/mol. The van der Waals surface area contributed by atoms with Gasteiger partial charge in [-0.2, -0.15) is 17.5 Å². The van der Waals surface area contributed by atoms with Gasteiger partial charge in [0.05, 0.1) is 10.5 Å². The Hall–Kier alpha value is -0.540. The van der Waals surface area contributed by atoms with Gasteiger partial charge in [0.25, 0.3) is 0 Å². The monoisotopic (exact) mass is 378 g/mol. The first-order valence-electron chi connectivity index (χ1n) is 6.22. The average Bonchev–Trinajstić information content (AvgIpc) is 2.37. The van der Waals surface area contributed by atoms with Gasteiger partial charge in [-0.3, -0.25) is 0 Å². The largest absolute Gasteiger partial charge is 0.417 e. The molecule has 22 heavy (non-hydrogen) atoms. The van der Waals surface area contributed by atoms with Crippen molar-refractivity contribution >= 4 is 34.0 Å². The van der Waals surface area contributed by atoms with E-state index < -0.39 is 26.7 Å². The first kappa shape index (κ1) is 19.5. The fourth-order valence-electron chi connectivity index (χ4n) is 2.20. The molecule has 0 spiro atoms. The number of rotatable bonds is 2. The number of alkyl halides is 3. The molecule has 1 saturated heterocycles. The molecule has 1 aromatic rings. The number of piperazine rings is 1. The Morgan fingerprint density at radius 2 is 2.00 bits per heavy atom. The number of hydrogen-bond acceptors (Lipinski definition) is 3. The van der Waals surface area contributed by atoms with Crippen LogP contribution in [0.15, 0.2) is 23.1 Å². The fraction of sp³-hybridized carbons (Fsp3) is 0.500. The van der Waals surface area contributed by atoms with Gasteiger partial charge in [0, 0.05) is 30.7 Å². The van der Waals surface area contributed by atoms with Crippen molar-refractivity contribution in [2.75, 3.05) is 19.6 Å². The van der Waals surface area contributed by atoms with Gasteiger partial charge in [-0.05, 0) is 25.1 Å². The van der Waals surface area contributed by atoms with Crippen molar-refractivity contribution in [1.29, 1.82) is 0 Å². The van der Waals surface area contributed by atoms with Crippen molar-refractivity contribution in [2.45, 2.75) is 24.0 Å². The Morgan fingerprint density at radius 1 is 1.36 bits per heavy atom. The smallest absolute Gasteiger partial charge is 0.312 e. The zero-order valence-electron chi connectivity index (χ0n) is 11.5. The summed E-state index contributed by atoms with van der Waals surface area (Å²) in [5, 5.41) is 2.88. The molecule has 0 aromatic heterocycles. The lowest BCUT2D eigenvalue weighted by atomic mass is 10.2. The van der Waals surface area contributed by atoms with Crippen LogP contribution in [0.25, 0.3) is 0 Å². The Kier molecular flexibility index (Phi) is 6.14. The van der Waals surface area contributed by atoms with E-state index in [1.54, 1.807) is 6.92 Å². The summed E-state index contributed by atoms with van der Waals surface area (Å²) in [5.41, 5.74) is -1.24. The molecule has 2 rings (SSSR count). The summed E-state index contributed by atoms with van der Waals surface area (Å²) in [6, 6.07) is 2.58. The minimum atomic E-state index is -4.78. The second-order valence-corrected chi connectivity index (χ2v) is 7.20. The van der Waals surface area contributed by atoms with E-state index in [4.69, 9.17) is 11.6 Å². The van der Waals surface area contributed by atoms with Gasteiger partial charge in [-0.25, -0.2) is 8.42 Å². The number of nitrogens with zero attached hydrogens (tertiary/aromatic N) is 1. The van der Waals surface area contributed by atoms with Gasteiger partial charge in [0.15, 0.2) is 0 Å². The van der Waals surface area contributed by atoms with E-state index in [1.807, 2.05) is 0 Å². The van der Waals surface area contributed by atoms with Crippen LogP contribution >= 0.6 is 24.0 Å². The molecular formula is C12H15Cl2F3N2O2S. The molecule has 0 saturated carbocycles. The van der Waals surface area contributed by atoms with Gasteiger partial charge < -0.3 is 5.32 Å². The molecule has 1 aromatic carbocycles. The third kappa shape index (κ3) is 4.05. The highest BCUT2D eigenvalue weighted by atomic mass is 35.5. The molecule has 1 N–H and O–H groups in total. The third-order valence-corrected chi connectivity index (χ3v) is 5.35. The van der Waals surface area contributed by atoms with E-state index in [1.165, 1.54) is 0 Å². The van der Waals surface area contributed by atoms with Crippen LogP contribution in [0.5, 0.6) is 0 Å². The molecule has 0 unspecified atom stereocenters. The maximum Gasteiger partial charge on any atom is 0.417 e. The lowest BCUT2D eigenvalue weighted by Crippen LogP contribution is -2.51. The Labute approximate surface area is 138 Å². The second kappa shape index (κ2) is 6.92. The zero-order chi connectivity index (χ0) is 15.8. The average molecular weight is 379 g/mol. The summed E-state index contributed by atoms with van der Waals surface area (Å²) in [5.74, 6) is 0. The summed E-state index contributed by atoms with van der Waals surface area (Å²) in [4.78, 5) is -0.756. The molecule has 0 radical (unpaired) electrons. The molecule has 4 nitrogen and oxygen atoms in total. The van der Waals surface area contributed by atoms with Crippen molar-refractivity contribution in [3.63, 3.8) is 0 Å². The van der Waals surface area contributed by atoms with Crippen molar-refractivity contribution in [3.8, 4) is 0 Å². The lowest BCUT2D eigenvalue weighted by Gasteiger charge is -2.31. The van der Waals surface area contributed by atoms with Gasteiger partial charge in [0.1, 0.15) is 0 Å². The lowest BCUT2D eigenvalue weighted by molar-refractivity contribution is -0.139. The maximum atomic E-state index is 13.0. The quantitative estimate of drug-likeness (QED) is 0.860. The standard InChI is InChI=1S/C12H14ClF3N2O2S.ClH/c1-8-7-18(5-4-17-8)21(19,20)11-3-2-9(13)6-10(11)12(14,15)16;/h2-3,6,8,17H,4-5,7H2,1H3;1H/t8-;/m1./s1. The van der Waals surface area contributed by atoms with E-state index in [2.05, 4.69) is 5.32 Å². The predicted molar refractivity (Wildman–Crippen MR) is 79.9 cm³/mol. The molecule has 1 atom stereocenters. The van der Waals surface area contributed by atoms with Crippen LogP contribution in [0.3, 0.4) is 0 Å². The van der Waals surface area contributed by atoms with Crippen molar-refractivity contribution in [1.82, 2.24) is 9.62 Å². The summed E-state index contributed by atoms with van der Waals surface area (Å²) in [7, 11) is -4.21. The molecule has 0 amide bonds. The Balaban J connectivity index is 0.00000242. The topological polar surface area (TPSA) is 49.4 Å². The van der Waals surface area contributed by atoms with E-state index in [0.29, 0.717) is 12.6 Å². The van der Waals surface area contributed by atoms with Crippen LogP contribution in [0.2, 0.25) is 5.02 Å². The highest BCUT2D eigenvalue weighted by Gasteiger charge is 2.40. The summed E-state index contributed by atoms with van der Waals surface area (Å²) < 4.78 is 65.1. The molecule has 10 heteroatoms. The van der Waals surface area contributed by atoms with Crippen LogP contribution in [-0.4, -0.2) is 38.4 Å². The van der Waals surface area contributed by atoms with E-state index in [0.717, 1.165) is 16.4 Å². The van der Waals surface area contributed by atoms with Crippen LogP contribution < -0.4 is 5.32 Å². The first-order valence-corrected chi connectivity index (χ1v) is 8.04. The van der Waals surface area contributed by atoms with E-state index in [9.17, 15) is 21.6 Å².